The van der Waals surface area contributed by atoms with Crippen LogP contribution in [-0.2, 0) is 0 Å². The highest BCUT2D eigenvalue weighted by molar-refractivity contribution is 5.46. The van der Waals surface area contributed by atoms with Gasteiger partial charge in [-0.3, -0.25) is 10.9 Å². The van der Waals surface area contributed by atoms with Crippen molar-refractivity contribution in [2.24, 2.45) is 5.92 Å². The molecule has 3 heterocycles. The maximum Gasteiger partial charge on any atom is 0.134 e. The number of nitrogens with zero attached hydrogens (tertiary/aromatic N) is 3. The van der Waals surface area contributed by atoms with Crippen molar-refractivity contribution in [3.63, 3.8) is 0 Å². The highest BCUT2D eigenvalue weighted by Crippen LogP contribution is 2.34. The third kappa shape index (κ3) is 3.32. The first-order chi connectivity index (χ1) is 12.2. The minimum Gasteiger partial charge on any atom is -0.384 e. The number of anilines is 2. The van der Waals surface area contributed by atoms with E-state index in [1.807, 2.05) is 6.07 Å². The fourth-order valence-corrected chi connectivity index (χ4v) is 4.29. The Bertz CT molecular complexity index is 725. The van der Waals surface area contributed by atoms with E-state index in [4.69, 9.17) is 5.73 Å². The molecule has 1 aromatic heterocycles. The summed E-state index contributed by atoms with van der Waals surface area (Å²) < 4.78 is 0. The summed E-state index contributed by atoms with van der Waals surface area (Å²) in [5.41, 5.74) is 15.6. The molecule has 2 atom stereocenters. The zero-order valence-corrected chi connectivity index (χ0v) is 14.7. The van der Waals surface area contributed by atoms with Gasteiger partial charge in [-0.05, 0) is 36.8 Å². The summed E-state index contributed by atoms with van der Waals surface area (Å²) in [6.45, 7) is 5.24. The first-order valence-corrected chi connectivity index (χ1v) is 9.09. The molecule has 2 aliphatic rings. The van der Waals surface area contributed by atoms with Gasteiger partial charge in [-0.25, -0.2) is 9.97 Å². The number of hydrazine groups is 1. The zero-order valence-electron chi connectivity index (χ0n) is 14.7. The maximum atomic E-state index is 5.79. The zero-order chi connectivity index (χ0) is 17.2. The van der Waals surface area contributed by atoms with Crippen LogP contribution in [0.25, 0.3) is 0 Å². The quantitative estimate of drug-likeness (QED) is 0.793. The van der Waals surface area contributed by atoms with Crippen molar-refractivity contribution >= 4 is 11.6 Å². The van der Waals surface area contributed by atoms with Crippen LogP contribution in [0.2, 0.25) is 0 Å². The average molecular weight is 338 g/mol. The van der Waals surface area contributed by atoms with Crippen LogP contribution < -0.4 is 21.5 Å². The number of aryl methyl sites for hydroxylation is 1. The summed E-state index contributed by atoms with van der Waals surface area (Å²) >= 11 is 0. The summed E-state index contributed by atoms with van der Waals surface area (Å²) in [6, 6.07) is 11.1. The van der Waals surface area contributed by atoms with Gasteiger partial charge in [0.2, 0.25) is 0 Å². The van der Waals surface area contributed by atoms with Gasteiger partial charge < -0.3 is 10.6 Å². The van der Waals surface area contributed by atoms with E-state index >= 15 is 0 Å². The largest absolute Gasteiger partial charge is 0.384 e. The predicted octanol–water partition coefficient (Wildman–Crippen LogP) is 1.84. The van der Waals surface area contributed by atoms with Crippen LogP contribution in [0.4, 0.5) is 11.6 Å². The SMILES string of the molecule is Cc1ccccc1C1CNNC1C1CCN(c2cc(N)ncn2)CC1. The number of hydrogen-bond acceptors (Lipinski definition) is 6. The van der Waals surface area contributed by atoms with Crippen LogP contribution in [0, 0.1) is 12.8 Å². The van der Waals surface area contributed by atoms with E-state index in [1.165, 1.54) is 11.1 Å². The minimum absolute atomic E-state index is 0.485. The monoisotopic (exact) mass is 338 g/mol. The van der Waals surface area contributed by atoms with E-state index < -0.39 is 0 Å². The second-order valence-electron chi connectivity index (χ2n) is 7.14. The molecule has 2 aliphatic heterocycles. The van der Waals surface area contributed by atoms with E-state index in [1.54, 1.807) is 6.33 Å². The lowest BCUT2D eigenvalue weighted by atomic mass is 9.79. The summed E-state index contributed by atoms with van der Waals surface area (Å²) in [4.78, 5) is 10.7. The van der Waals surface area contributed by atoms with Gasteiger partial charge in [-0.1, -0.05) is 24.3 Å². The Balaban J connectivity index is 1.44. The Hall–Kier alpha value is -2.18. The van der Waals surface area contributed by atoms with Crippen molar-refractivity contribution in [2.45, 2.75) is 31.7 Å². The van der Waals surface area contributed by atoms with E-state index in [-0.39, 0.29) is 0 Å². The number of hydrogen-bond donors (Lipinski definition) is 3. The van der Waals surface area contributed by atoms with Crippen LogP contribution in [0.5, 0.6) is 0 Å². The Labute approximate surface area is 148 Å². The molecule has 4 rings (SSSR count). The molecule has 4 N–H and O–H groups in total. The second-order valence-corrected chi connectivity index (χ2v) is 7.14. The second kappa shape index (κ2) is 6.98. The molecule has 2 saturated heterocycles. The van der Waals surface area contributed by atoms with Crippen molar-refractivity contribution in [3.05, 3.63) is 47.8 Å². The average Bonchev–Trinajstić information content (AvgIpc) is 3.12. The third-order valence-electron chi connectivity index (χ3n) is 5.66. The molecule has 0 bridgehead atoms. The summed E-state index contributed by atoms with van der Waals surface area (Å²) in [5.74, 6) is 2.68. The summed E-state index contributed by atoms with van der Waals surface area (Å²) in [5, 5.41) is 0. The summed E-state index contributed by atoms with van der Waals surface area (Å²) in [7, 11) is 0. The number of nitrogen functional groups attached to an aromatic ring is 1. The van der Waals surface area contributed by atoms with Crippen molar-refractivity contribution in [1.82, 2.24) is 20.8 Å². The number of nitrogens with one attached hydrogen (secondary N) is 2. The molecule has 0 radical (unpaired) electrons. The number of rotatable bonds is 3. The fraction of sp³-hybridized carbons (Fsp3) is 0.474. The first-order valence-electron chi connectivity index (χ1n) is 9.09. The Kier molecular flexibility index (Phi) is 4.55. The third-order valence-corrected chi connectivity index (χ3v) is 5.66. The molecular weight excluding hydrogens is 312 g/mol. The number of aromatic nitrogens is 2. The van der Waals surface area contributed by atoms with Crippen molar-refractivity contribution in [2.75, 3.05) is 30.3 Å². The van der Waals surface area contributed by atoms with Crippen LogP contribution in [0.15, 0.2) is 36.7 Å². The molecule has 25 heavy (non-hydrogen) atoms. The van der Waals surface area contributed by atoms with Gasteiger partial charge in [0.25, 0.3) is 0 Å². The van der Waals surface area contributed by atoms with Gasteiger partial charge in [-0.2, -0.15) is 0 Å². The molecule has 6 nitrogen and oxygen atoms in total. The van der Waals surface area contributed by atoms with Gasteiger partial charge in [0.1, 0.15) is 18.0 Å². The number of piperidine rings is 1. The van der Waals surface area contributed by atoms with Crippen molar-refractivity contribution in [3.8, 4) is 0 Å². The molecule has 6 heteroatoms. The molecule has 1 aromatic carbocycles. The lowest BCUT2D eigenvalue weighted by Crippen LogP contribution is -2.44. The standard InChI is InChI=1S/C19H26N6/c1-13-4-2-3-5-15(13)16-11-23-24-19(16)14-6-8-25(9-7-14)18-10-17(20)21-12-22-18/h2-5,10,12,14,16,19,23-24H,6-9,11H2,1H3,(H2,20,21,22). The Morgan fingerprint density at radius 2 is 1.96 bits per heavy atom. The maximum absolute atomic E-state index is 5.79. The molecule has 2 aromatic rings. The van der Waals surface area contributed by atoms with Crippen LogP contribution >= 0.6 is 0 Å². The molecule has 0 amide bonds. The number of nitrogens with two attached hydrogens (primary N) is 1. The Morgan fingerprint density at radius 1 is 1.16 bits per heavy atom. The van der Waals surface area contributed by atoms with E-state index in [2.05, 4.69) is 56.9 Å². The highest BCUT2D eigenvalue weighted by atomic mass is 15.4. The van der Waals surface area contributed by atoms with E-state index in [9.17, 15) is 0 Å². The van der Waals surface area contributed by atoms with Gasteiger partial charge in [0.15, 0.2) is 0 Å². The molecule has 132 valence electrons. The highest BCUT2D eigenvalue weighted by Gasteiger charge is 2.36. The van der Waals surface area contributed by atoms with Crippen LogP contribution in [0.1, 0.15) is 29.9 Å². The van der Waals surface area contributed by atoms with Gasteiger partial charge in [0.05, 0.1) is 0 Å². The number of benzene rings is 1. The first kappa shape index (κ1) is 16.3. The summed E-state index contributed by atoms with van der Waals surface area (Å²) in [6.07, 6.45) is 3.87. The van der Waals surface area contributed by atoms with Gasteiger partial charge in [-0.15, -0.1) is 0 Å². The lowest BCUT2D eigenvalue weighted by Gasteiger charge is -2.37. The van der Waals surface area contributed by atoms with Gasteiger partial charge in [0, 0.05) is 37.7 Å². The fourth-order valence-electron chi connectivity index (χ4n) is 4.29. The van der Waals surface area contributed by atoms with Crippen molar-refractivity contribution in [1.29, 1.82) is 0 Å². The topological polar surface area (TPSA) is 79.1 Å². The van der Waals surface area contributed by atoms with E-state index in [0.29, 0.717) is 23.7 Å². The Morgan fingerprint density at radius 3 is 2.72 bits per heavy atom. The molecular formula is C19H26N6. The van der Waals surface area contributed by atoms with Gasteiger partial charge >= 0.3 is 0 Å². The minimum atomic E-state index is 0.485. The normalized spacial score (nSPS) is 24.6. The molecule has 0 aliphatic carbocycles. The smallest absolute Gasteiger partial charge is 0.134 e. The predicted molar refractivity (Wildman–Crippen MR) is 100 cm³/mol. The lowest BCUT2D eigenvalue weighted by molar-refractivity contribution is 0.295. The van der Waals surface area contributed by atoms with E-state index in [0.717, 1.165) is 38.3 Å². The van der Waals surface area contributed by atoms with Crippen LogP contribution in [-0.4, -0.2) is 35.6 Å². The molecule has 0 saturated carbocycles. The molecule has 2 unspecified atom stereocenters. The molecule has 0 spiro atoms. The van der Waals surface area contributed by atoms with Crippen LogP contribution in [0.3, 0.4) is 0 Å². The van der Waals surface area contributed by atoms with Crippen molar-refractivity contribution < 1.29 is 0 Å². The molecule has 2 fully saturated rings.